The fourth-order valence-corrected chi connectivity index (χ4v) is 4.72. The molecule has 0 saturated heterocycles. The molecule has 0 radical (unpaired) electrons. The predicted molar refractivity (Wildman–Crippen MR) is 155 cm³/mol. The van der Waals surface area contributed by atoms with Gasteiger partial charge in [-0.3, -0.25) is 10.5 Å². The first-order valence-electron chi connectivity index (χ1n) is 13.4. The quantitative estimate of drug-likeness (QED) is 0.154. The highest BCUT2D eigenvalue weighted by molar-refractivity contribution is 5.72. The maximum absolute atomic E-state index is 12.8. The van der Waals surface area contributed by atoms with Gasteiger partial charge < -0.3 is 9.94 Å². The fraction of sp³-hybridized carbons (Fsp3) is 0.438. The first-order chi connectivity index (χ1) is 18.9. The van der Waals surface area contributed by atoms with Crippen LogP contribution in [0.4, 0.5) is 13.2 Å². The van der Waals surface area contributed by atoms with Crippen LogP contribution in [0.25, 0.3) is 11.1 Å². The number of nitrogens with two attached hydrogens (primary N) is 1. The van der Waals surface area contributed by atoms with E-state index in [-0.39, 0.29) is 11.8 Å². The topological polar surface area (TPSA) is 95.9 Å². The number of ether oxygens (including phenoxy) is 1. The Labute approximate surface area is 236 Å². The van der Waals surface area contributed by atoms with Crippen molar-refractivity contribution in [3.8, 4) is 16.9 Å². The highest BCUT2D eigenvalue weighted by atomic mass is 19.4. The molecule has 40 heavy (non-hydrogen) atoms. The SMILES string of the molecule is CCCc1ccc(C(CCCC(F)(F)F)Oc2cc(C)c(-c3ccc(C(C)(C)C)cc3)c(C)c2)cc1.NO.OO. The van der Waals surface area contributed by atoms with E-state index in [9.17, 15) is 13.2 Å². The second-order valence-corrected chi connectivity index (χ2v) is 10.9. The molecule has 1 unspecified atom stereocenters. The van der Waals surface area contributed by atoms with Gasteiger partial charge in [0, 0.05) is 6.42 Å². The lowest BCUT2D eigenvalue weighted by Crippen LogP contribution is -2.12. The summed E-state index contributed by atoms with van der Waals surface area (Å²) in [6.45, 7) is 12.9. The van der Waals surface area contributed by atoms with E-state index in [1.165, 1.54) is 16.7 Å². The zero-order chi connectivity index (χ0) is 30.5. The van der Waals surface area contributed by atoms with Gasteiger partial charge in [0.25, 0.3) is 0 Å². The standard InChI is InChI=1S/C32H39F3O.H3NO.H2O2/c1-7-9-24-11-13-25(14-12-24)29(10-8-19-32(33,34)35)36-28-20-22(2)30(23(3)21-28)26-15-17-27(18-16-26)31(4,5)6;2*1-2/h11-18,20-21,29H,7-10,19H2,1-6H3;2H,1H2;1-2H. The van der Waals surface area contributed by atoms with E-state index in [1.807, 2.05) is 24.3 Å². The van der Waals surface area contributed by atoms with Crippen molar-refractivity contribution in [1.29, 1.82) is 0 Å². The van der Waals surface area contributed by atoms with E-state index >= 15 is 0 Å². The first-order valence-corrected chi connectivity index (χ1v) is 13.4. The lowest BCUT2D eigenvalue weighted by molar-refractivity contribution is -0.176. The van der Waals surface area contributed by atoms with Crippen molar-refractivity contribution in [2.24, 2.45) is 5.90 Å². The molecule has 0 aliphatic rings. The van der Waals surface area contributed by atoms with Gasteiger partial charge in [0.1, 0.15) is 11.9 Å². The summed E-state index contributed by atoms with van der Waals surface area (Å²) in [6.07, 6.45) is -3.03. The molecule has 0 spiro atoms. The van der Waals surface area contributed by atoms with E-state index in [4.69, 9.17) is 20.5 Å². The summed E-state index contributed by atoms with van der Waals surface area (Å²) in [7, 11) is 0. The Morgan fingerprint density at radius 3 is 1.82 bits per heavy atom. The predicted octanol–water partition coefficient (Wildman–Crippen LogP) is 9.42. The van der Waals surface area contributed by atoms with Crippen LogP contribution in [0.3, 0.4) is 0 Å². The van der Waals surface area contributed by atoms with Crippen molar-refractivity contribution < 1.29 is 33.6 Å². The summed E-state index contributed by atoms with van der Waals surface area (Å²) < 4.78 is 44.9. The Balaban J connectivity index is 0.00000191. The van der Waals surface area contributed by atoms with Gasteiger partial charge in [-0.25, -0.2) is 5.90 Å². The fourth-order valence-electron chi connectivity index (χ4n) is 4.72. The second kappa shape index (κ2) is 16.4. The number of hydrogen-bond donors (Lipinski definition) is 4. The largest absolute Gasteiger partial charge is 0.486 e. The third kappa shape index (κ3) is 10.9. The van der Waals surface area contributed by atoms with Crippen molar-refractivity contribution in [3.63, 3.8) is 0 Å². The number of benzene rings is 3. The molecule has 5 N–H and O–H groups in total. The Hall–Kier alpha value is -2.91. The van der Waals surface area contributed by atoms with Gasteiger partial charge in [0.2, 0.25) is 0 Å². The molecule has 0 bridgehead atoms. The van der Waals surface area contributed by atoms with Crippen LogP contribution in [0.2, 0.25) is 0 Å². The average molecular weight is 564 g/mol. The molecule has 3 rings (SSSR count). The van der Waals surface area contributed by atoms with Gasteiger partial charge in [0.15, 0.2) is 0 Å². The summed E-state index contributed by atoms with van der Waals surface area (Å²) in [5, 5.41) is 18.5. The minimum Gasteiger partial charge on any atom is -0.486 e. The molecule has 5 nitrogen and oxygen atoms in total. The highest BCUT2D eigenvalue weighted by Gasteiger charge is 2.27. The van der Waals surface area contributed by atoms with Gasteiger partial charge in [-0.15, -0.1) is 0 Å². The van der Waals surface area contributed by atoms with Crippen LogP contribution in [-0.2, 0) is 11.8 Å². The van der Waals surface area contributed by atoms with Crippen molar-refractivity contribution in [2.45, 2.75) is 91.3 Å². The van der Waals surface area contributed by atoms with E-state index in [2.05, 4.69) is 83.8 Å². The molecule has 3 aromatic rings. The molecule has 0 amide bonds. The summed E-state index contributed by atoms with van der Waals surface area (Å²) in [4.78, 5) is 0. The van der Waals surface area contributed by atoms with Crippen LogP contribution in [0.15, 0.2) is 60.7 Å². The molecule has 0 aliphatic heterocycles. The molecule has 0 saturated carbocycles. The van der Waals surface area contributed by atoms with E-state index in [0.29, 0.717) is 12.2 Å². The van der Waals surface area contributed by atoms with Gasteiger partial charge >= 0.3 is 6.18 Å². The Morgan fingerprint density at radius 1 is 0.850 bits per heavy atom. The van der Waals surface area contributed by atoms with Crippen molar-refractivity contribution in [2.75, 3.05) is 0 Å². The van der Waals surface area contributed by atoms with Gasteiger partial charge in [-0.05, 0) is 89.6 Å². The highest BCUT2D eigenvalue weighted by Crippen LogP contribution is 2.36. The normalized spacial score (nSPS) is 12.0. The molecule has 8 heteroatoms. The van der Waals surface area contributed by atoms with E-state index in [0.717, 1.165) is 35.1 Å². The Morgan fingerprint density at radius 2 is 1.38 bits per heavy atom. The summed E-state index contributed by atoms with van der Waals surface area (Å²) in [5.41, 5.74) is 8.00. The Bertz CT molecular complexity index is 1120. The zero-order valence-corrected chi connectivity index (χ0v) is 24.3. The van der Waals surface area contributed by atoms with E-state index < -0.39 is 18.7 Å². The lowest BCUT2D eigenvalue weighted by atomic mass is 9.85. The number of rotatable bonds is 9. The van der Waals surface area contributed by atoms with Crippen molar-refractivity contribution in [3.05, 3.63) is 88.5 Å². The number of halogens is 3. The minimum absolute atomic E-state index is 0.0288. The smallest absolute Gasteiger partial charge is 0.389 e. The summed E-state index contributed by atoms with van der Waals surface area (Å²) >= 11 is 0. The van der Waals surface area contributed by atoms with Crippen molar-refractivity contribution >= 4 is 0 Å². The van der Waals surface area contributed by atoms with Crippen LogP contribution < -0.4 is 10.6 Å². The molecule has 0 aromatic heterocycles. The summed E-state index contributed by atoms with van der Waals surface area (Å²) in [6, 6.07) is 20.8. The molecule has 222 valence electrons. The van der Waals surface area contributed by atoms with Gasteiger partial charge in [-0.1, -0.05) is 82.6 Å². The number of aryl methyl sites for hydroxylation is 3. The number of hydrogen-bond acceptors (Lipinski definition) is 5. The Kier molecular flexibility index (Phi) is 14.4. The molecule has 0 aliphatic carbocycles. The molecule has 3 aromatic carbocycles. The monoisotopic (exact) mass is 563 g/mol. The van der Waals surface area contributed by atoms with Crippen LogP contribution in [0, 0.1) is 13.8 Å². The van der Waals surface area contributed by atoms with Crippen molar-refractivity contribution in [1.82, 2.24) is 0 Å². The lowest BCUT2D eigenvalue weighted by Gasteiger charge is -2.23. The third-order valence-corrected chi connectivity index (χ3v) is 6.64. The van der Waals surface area contributed by atoms with Crippen LogP contribution in [-0.4, -0.2) is 21.9 Å². The summed E-state index contributed by atoms with van der Waals surface area (Å²) in [5.74, 6) is 4.19. The average Bonchev–Trinajstić information content (AvgIpc) is 2.90. The number of alkyl halides is 3. The van der Waals surface area contributed by atoms with Gasteiger partial charge in [-0.2, -0.15) is 13.2 Å². The van der Waals surface area contributed by atoms with Crippen LogP contribution in [0.1, 0.15) is 87.3 Å². The molecular formula is C32H44F3NO4. The van der Waals surface area contributed by atoms with Gasteiger partial charge in [0.05, 0.1) is 0 Å². The minimum atomic E-state index is -4.16. The van der Waals surface area contributed by atoms with Crippen LogP contribution >= 0.6 is 0 Å². The first kappa shape index (κ1) is 35.1. The third-order valence-electron chi connectivity index (χ3n) is 6.64. The molecule has 0 heterocycles. The maximum Gasteiger partial charge on any atom is 0.389 e. The molecular weight excluding hydrogens is 519 g/mol. The zero-order valence-electron chi connectivity index (χ0n) is 24.3. The molecule has 1 atom stereocenters. The molecule has 0 fully saturated rings. The van der Waals surface area contributed by atoms with Crippen LogP contribution in [0.5, 0.6) is 5.75 Å². The van der Waals surface area contributed by atoms with E-state index in [1.54, 1.807) is 0 Å². The second-order valence-electron chi connectivity index (χ2n) is 10.9. The maximum atomic E-state index is 12.8.